The second-order valence-electron chi connectivity index (χ2n) is 4.93. The molecule has 0 aromatic carbocycles. The number of ketones is 1. The van der Waals surface area contributed by atoms with Crippen molar-refractivity contribution in [3.63, 3.8) is 0 Å². The van der Waals surface area contributed by atoms with E-state index in [2.05, 4.69) is 4.98 Å². The van der Waals surface area contributed by atoms with Gasteiger partial charge in [0.15, 0.2) is 5.78 Å². The molecule has 17 heavy (non-hydrogen) atoms. The van der Waals surface area contributed by atoms with Gasteiger partial charge in [-0.25, -0.2) is 8.42 Å². The first-order valence-corrected chi connectivity index (χ1v) is 6.95. The molecule has 1 saturated heterocycles. The van der Waals surface area contributed by atoms with Crippen molar-refractivity contribution in [2.75, 3.05) is 13.1 Å². The fraction of sp³-hybridized carbons (Fsp3) is 0.545. The zero-order valence-corrected chi connectivity index (χ0v) is 10.8. The number of Topliss-reactive ketones (excluding diaryl/α,β-unsaturated/α-hetero) is 1. The number of nitrogens with one attached hydrogen (secondary N) is 1. The van der Waals surface area contributed by atoms with E-state index >= 15 is 0 Å². The van der Waals surface area contributed by atoms with Gasteiger partial charge < -0.3 is 4.98 Å². The van der Waals surface area contributed by atoms with E-state index in [9.17, 15) is 13.2 Å². The largest absolute Gasteiger partial charge is 0.351 e. The molecule has 0 bridgehead atoms. The van der Waals surface area contributed by atoms with Crippen molar-refractivity contribution < 1.29 is 13.2 Å². The maximum absolute atomic E-state index is 12.1. The molecule has 0 amide bonds. The van der Waals surface area contributed by atoms with E-state index in [0.717, 1.165) is 0 Å². The van der Waals surface area contributed by atoms with Crippen molar-refractivity contribution in [2.45, 2.75) is 25.3 Å². The van der Waals surface area contributed by atoms with Crippen molar-refractivity contribution in [3.8, 4) is 0 Å². The number of carbonyl (C=O) groups is 1. The zero-order chi connectivity index (χ0) is 12.7. The average Bonchev–Trinajstić information content (AvgIpc) is 2.75. The van der Waals surface area contributed by atoms with Crippen LogP contribution in [0.2, 0.25) is 0 Å². The van der Waals surface area contributed by atoms with Gasteiger partial charge in [0.05, 0.1) is 6.54 Å². The summed E-state index contributed by atoms with van der Waals surface area (Å²) in [6.07, 6.45) is 2.12. The van der Waals surface area contributed by atoms with E-state index in [1.54, 1.807) is 12.3 Å². The third kappa shape index (κ3) is 2.14. The molecule has 0 saturated carbocycles. The van der Waals surface area contributed by atoms with Crippen molar-refractivity contribution in [2.24, 2.45) is 5.41 Å². The Bertz CT molecular complexity index is 517. The van der Waals surface area contributed by atoms with Crippen molar-refractivity contribution in [3.05, 3.63) is 18.3 Å². The monoisotopic (exact) mass is 256 g/mol. The molecule has 1 fully saturated rings. The molecular formula is C11H16N2O3S. The second kappa shape index (κ2) is 3.96. The maximum Gasteiger partial charge on any atom is 0.258 e. The SMILES string of the molecule is CC1(C)CCN(S(=O)(=O)c2ccc[nH]2)CC1=O. The van der Waals surface area contributed by atoms with Gasteiger partial charge in [0.1, 0.15) is 5.03 Å². The summed E-state index contributed by atoms with van der Waals surface area (Å²) >= 11 is 0. The predicted octanol–water partition coefficient (Wildman–Crippen LogP) is 1.00. The smallest absolute Gasteiger partial charge is 0.258 e. The van der Waals surface area contributed by atoms with Gasteiger partial charge in [0, 0.05) is 18.2 Å². The number of piperidine rings is 1. The lowest BCUT2D eigenvalue weighted by Crippen LogP contribution is -2.47. The summed E-state index contributed by atoms with van der Waals surface area (Å²) in [6.45, 7) is 4.07. The average molecular weight is 256 g/mol. The van der Waals surface area contributed by atoms with E-state index in [0.29, 0.717) is 13.0 Å². The van der Waals surface area contributed by atoms with Crippen LogP contribution in [0.15, 0.2) is 23.4 Å². The van der Waals surface area contributed by atoms with Gasteiger partial charge in [-0.15, -0.1) is 0 Å². The van der Waals surface area contributed by atoms with Crippen LogP contribution in [0.5, 0.6) is 0 Å². The Balaban J connectivity index is 2.24. The van der Waals surface area contributed by atoms with Crippen LogP contribution >= 0.6 is 0 Å². The molecule has 0 aliphatic carbocycles. The van der Waals surface area contributed by atoms with Gasteiger partial charge in [-0.1, -0.05) is 13.8 Å². The van der Waals surface area contributed by atoms with Crippen molar-refractivity contribution >= 4 is 15.8 Å². The second-order valence-corrected chi connectivity index (χ2v) is 6.84. The number of sulfonamides is 1. The minimum atomic E-state index is -3.54. The number of aromatic nitrogens is 1. The molecule has 0 atom stereocenters. The summed E-state index contributed by atoms with van der Waals surface area (Å²) in [7, 11) is -3.54. The number of hydrogen-bond donors (Lipinski definition) is 1. The number of hydrogen-bond acceptors (Lipinski definition) is 3. The lowest BCUT2D eigenvalue weighted by molar-refractivity contribution is -0.130. The van der Waals surface area contributed by atoms with Gasteiger partial charge in [-0.05, 0) is 18.6 Å². The molecule has 94 valence electrons. The van der Waals surface area contributed by atoms with Gasteiger partial charge in [-0.2, -0.15) is 4.31 Å². The topological polar surface area (TPSA) is 70.2 Å². The molecule has 1 aromatic heterocycles. The highest BCUT2D eigenvalue weighted by Gasteiger charge is 2.38. The quantitative estimate of drug-likeness (QED) is 0.858. The molecule has 0 unspecified atom stereocenters. The summed E-state index contributed by atoms with van der Waals surface area (Å²) in [5.74, 6) is -0.0288. The van der Waals surface area contributed by atoms with Crippen LogP contribution in [0.25, 0.3) is 0 Å². The lowest BCUT2D eigenvalue weighted by atomic mass is 9.82. The molecule has 0 radical (unpaired) electrons. The highest BCUT2D eigenvalue weighted by Crippen LogP contribution is 2.29. The summed E-state index contributed by atoms with van der Waals surface area (Å²) in [5.41, 5.74) is -0.415. The lowest BCUT2D eigenvalue weighted by Gasteiger charge is -2.34. The highest BCUT2D eigenvalue weighted by atomic mass is 32.2. The fourth-order valence-corrected chi connectivity index (χ4v) is 3.18. The Morgan fingerprint density at radius 3 is 2.65 bits per heavy atom. The Morgan fingerprint density at radius 2 is 2.12 bits per heavy atom. The summed E-state index contributed by atoms with van der Waals surface area (Å²) in [5, 5.41) is 0.144. The van der Waals surface area contributed by atoms with E-state index in [-0.39, 0.29) is 17.4 Å². The first-order valence-electron chi connectivity index (χ1n) is 5.51. The van der Waals surface area contributed by atoms with Crippen LogP contribution in [-0.2, 0) is 14.8 Å². The van der Waals surface area contributed by atoms with Crippen LogP contribution in [0.4, 0.5) is 0 Å². The molecule has 1 aliphatic rings. The molecule has 6 heteroatoms. The molecule has 0 spiro atoms. The van der Waals surface area contributed by atoms with Crippen molar-refractivity contribution in [1.29, 1.82) is 0 Å². The minimum absolute atomic E-state index is 0.0288. The van der Waals surface area contributed by atoms with Crippen LogP contribution in [0.1, 0.15) is 20.3 Å². The standard InChI is InChI=1S/C11H16N2O3S/c1-11(2)5-7-13(8-9(11)14)17(15,16)10-4-3-6-12-10/h3-4,6,12H,5,7-8H2,1-2H3. The number of rotatable bonds is 2. The van der Waals surface area contributed by atoms with Crippen LogP contribution in [0.3, 0.4) is 0 Å². The van der Waals surface area contributed by atoms with Crippen LogP contribution in [-0.4, -0.2) is 36.6 Å². The van der Waals surface area contributed by atoms with Crippen LogP contribution in [0, 0.1) is 5.41 Å². The van der Waals surface area contributed by atoms with Gasteiger partial charge in [0.25, 0.3) is 10.0 Å². The third-order valence-electron chi connectivity index (χ3n) is 3.25. The molecule has 2 heterocycles. The van der Waals surface area contributed by atoms with Crippen molar-refractivity contribution in [1.82, 2.24) is 9.29 Å². The number of H-pyrrole nitrogens is 1. The minimum Gasteiger partial charge on any atom is -0.351 e. The first kappa shape index (κ1) is 12.3. The van der Waals surface area contributed by atoms with Gasteiger partial charge in [-0.3, -0.25) is 4.79 Å². The normalized spacial score (nSPS) is 21.6. The van der Waals surface area contributed by atoms with E-state index in [1.807, 2.05) is 13.8 Å². The van der Waals surface area contributed by atoms with Crippen LogP contribution < -0.4 is 0 Å². The molecule has 5 nitrogen and oxygen atoms in total. The number of carbonyl (C=O) groups excluding carboxylic acids is 1. The number of nitrogens with zero attached hydrogens (tertiary/aromatic N) is 1. The molecule has 2 rings (SSSR count). The Morgan fingerprint density at radius 1 is 1.41 bits per heavy atom. The summed E-state index contributed by atoms with van der Waals surface area (Å²) in [4.78, 5) is 14.5. The zero-order valence-electron chi connectivity index (χ0n) is 9.93. The van der Waals surface area contributed by atoms with E-state index < -0.39 is 15.4 Å². The molecule has 1 N–H and O–H groups in total. The highest BCUT2D eigenvalue weighted by molar-refractivity contribution is 7.89. The first-order chi connectivity index (χ1) is 7.84. The fourth-order valence-electron chi connectivity index (χ4n) is 1.82. The Hall–Kier alpha value is -1.14. The summed E-state index contributed by atoms with van der Waals surface area (Å²) in [6, 6.07) is 3.13. The molecular weight excluding hydrogens is 240 g/mol. The molecule has 1 aliphatic heterocycles. The summed E-state index contributed by atoms with van der Waals surface area (Å²) < 4.78 is 25.5. The third-order valence-corrected chi connectivity index (χ3v) is 5.05. The number of aromatic amines is 1. The van der Waals surface area contributed by atoms with Gasteiger partial charge in [0.2, 0.25) is 0 Å². The Kier molecular flexibility index (Phi) is 2.87. The van der Waals surface area contributed by atoms with Gasteiger partial charge >= 0.3 is 0 Å². The Labute approximate surface area is 101 Å². The maximum atomic E-state index is 12.1. The van der Waals surface area contributed by atoms with E-state index in [4.69, 9.17) is 0 Å². The molecule has 1 aromatic rings. The predicted molar refractivity (Wildman–Crippen MR) is 63.0 cm³/mol. The van der Waals surface area contributed by atoms with E-state index in [1.165, 1.54) is 10.4 Å².